The monoisotopic (exact) mass is 174 g/mol. The summed E-state index contributed by atoms with van der Waals surface area (Å²) in [4.78, 5) is 2.22. The predicted octanol–water partition coefficient (Wildman–Crippen LogP) is 0.839. The Morgan fingerprint density at radius 2 is 1.42 bits per heavy atom. The molecule has 0 radical (unpaired) electrons. The average molecular weight is 174 g/mol. The largest absolute Gasteiger partial charge is 0.261 e. The number of rotatable bonds is 5. The van der Waals surface area contributed by atoms with Crippen LogP contribution in [0.2, 0.25) is 0 Å². The molecule has 0 N–H and O–H groups in total. The fraction of sp³-hybridized carbons (Fsp3) is 1.00. The third kappa shape index (κ3) is 3.52. The first-order chi connectivity index (χ1) is 5.44. The lowest BCUT2D eigenvalue weighted by atomic mass is 10.5. The van der Waals surface area contributed by atoms with Gasteiger partial charge in [0.05, 0.1) is 14.1 Å². The van der Waals surface area contributed by atoms with E-state index in [4.69, 9.17) is 0 Å². The summed E-state index contributed by atoms with van der Waals surface area (Å²) >= 11 is 0. The van der Waals surface area contributed by atoms with Crippen LogP contribution >= 0.6 is 0 Å². The Hall–Kier alpha value is -0.120. The second-order valence-electron chi connectivity index (χ2n) is 3.98. The summed E-state index contributed by atoms with van der Waals surface area (Å²) in [6.45, 7) is 7.69. The third-order valence-corrected chi connectivity index (χ3v) is 2.12. The first-order valence-corrected chi connectivity index (χ1v) is 4.67. The minimum absolute atomic E-state index is 0.944. The summed E-state index contributed by atoms with van der Waals surface area (Å²) in [5.41, 5.74) is 0. The summed E-state index contributed by atoms with van der Waals surface area (Å²) in [5.74, 6) is 0. The van der Waals surface area contributed by atoms with Crippen molar-refractivity contribution in [3.63, 3.8) is 0 Å². The van der Waals surface area contributed by atoms with Gasteiger partial charge < -0.3 is 0 Å². The van der Waals surface area contributed by atoms with Crippen LogP contribution in [0.25, 0.3) is 0 Å². The summed E-state index contributed by atoms with van der Waals surface area (Å²) in [7, 11) is 8.72. The minimum atomic E-state index is 0.944. The van der Waals surface area contributed by atoms with E-state index in [1.54, 1.807) is 0 Å². The van der Waals surface area contributed by atoms with E-state index in [0.29, 0.717) is 0 Å². The molecule has 0 amide bonds. The second kappa shape index (κ2) is 4.80. The highest BCUT2D eigenvalue weighted by Gasteiger charge is 2.22. The van der Waals surface area contributed by atoms with Crippen LogP contribution in [0.15, 0.2) is 0 Å². The van der Waals surface area contributed by atoms with Gasteiger partial charge in [-0.3, -0.25) is 4.90 Å². The predicted molar refractivity (Wildman–Crippen MR) is 53.6 cm³/mol. The minimum Gasteiger partial charge on any atom is -0.261 e. The maximum atomic E-state index is 2.43. The maximum Gasteiger partial charge on any atom is 0.152 e. The van der Waals surface area contributed by atoms with Crippen molar-refractivity contribution in [3.05, 3.63) is 0 Å². The third-order valence-electron chi connectivity index (χ3n) is 2.12. The fourth-order valence-corrected chi connectivity index (χ4v) is 1.77. The van der Waals surface area contributed by atoms with Crippen molar-refractivity contribution in [2.24, 2.45) is 0 Å². The molecular formula is C9H24N3+. The van der Waals surface area contributed by atoms with Crippen LogP contribution < -0.4 is 0 Å². The lowest BCUT2D eigenvalue weighted by molar-refractivity contribution is -1.01. The quantitative estimate of drug-likeness (QED) is 0.346. The molecule has 0 heterocycles. The Morgan fingerprint density at radius 1 is 1.00 bits per heavy atom. The highest BCUT2D eigenvalue weighted by atomic mass is 15.7. The second-order valence-corrected chi connectivity index (χ2v) is 3.98. The molecule has 0 aliphatic carbocycles. The molecule has 0 spiro atoms. The van der Waals surface area contributed by atoms with Crippen LogP contribution in [0.4, 0.5) is 0 Å². The number of nitrogens with zero attached hydrogens (tertiary/aromatic N) is 3. The van der Waals surface area contributed by atoms with Crippen LogP contribution in [0.5, 0.6) is 0 Å². The summed E-state index contributed by atoms with van der Waals surface area (Å²) in [6.07, 6.45) is 0. The van der Waals surface area contributed by atoms with Crippen molar-refractivity contribution in [2.75, 3.05) is 47.9 Å². The van der Waals surface area contributed by atoms with Gasteiger partial charge in [-0.25, -0.2) is 4.59 Å². The van der Waals surface area contributed by atoms with Crippen LogP contribution in [0.1, 0.15) is 13.8 Å². The van der Waals surface area contributed by atoms with Crippen molar-refractivity contribution >= 4 is 0 Å². The molecule has 0 rings (SSSR count). The molecule has 0 saturated heterocycles. The Kier molecular flexibility index (Phi) is 4.75. The van der Waals surface area contributed by atoms with E-state index in [2.05, 4.69) is 51.9 Å². The SMILES string of the molecule is CCN(CC)[N+](C)(C)CN(C)C. The van der Waals surface area contributed by atoms with Crippen LogP contribution in [-0.2, 0) is 0 Å². The number of quaternary nitrogens is 1. The van der Waals surface area contributed by atoms with Gasteiger partial charge in [0.1, 0.15) is 0 Å². The molecule has 74 valence electrons. The maximum absolute atomic E-state index is 2.43. The van der Waals surface area contributed by atoms with E-state index in [-0.39, 0.29) is 0 Å². The van der Waals surface area contributed by atoms with Gasteiger partial charge in [0.2, 0.25) is 0 Å². The number of hydrogen-bond donors (Lipinski definition) is 0. The van der Waals surface area contributed by atoms with Gasteiger partial charge in [-0.2, -0.15) is 5.01 Å². The normalized spacial score (nSPS) is 13.0. The molecule has 0 unspecified atom stereocenters. The molecule has 0 aromatic rings. The highest BCUT2D eigenvalue weighted by Crippen LogP contribution is 2.04. The van der Waals surface area contributed by atoms with E-state index in [9.17, 15) is 0 Å². The van der Waals surface area contributed by atoms with Crippen molar-refractivity contribution < 1.29 is 4.59 Å². The first-order valence-electron chi connectivity index (χ1n) is 4.67. The van der Waals surface area contributed by atoms with Crippen LogP contribution in [0.3, 0.4) is 0 Å². The zero-order valence-electron chi connectivity index (χ0n) is 9.46. The molecule has 0 aliphatic heterocycles. The van der Waals surface area contributed by atoms with Gasteiger partial charge in [-0.1, -0.05) is 0 Å². The van der Waals surface area contributed by atoms with Crippen molar-refractivity contribution in [1.82, 2.24) is 9.91 Å². The van der Waals surface area contributed by atoms with Gasteiger partial charge in [0.25, 0.3) is 0 Å². The molecule has 12 heavy (non-hydrogen) atoms. The standard InChI is InChI=1S/C9H24N3/c1-7-11(8-2)12(5,6)9-10(3)4/h7-9H2,1-6H3/q+1. The van der Waals surface area contributed by atoms with Gasteiger partial charge in [0, 0.05) is 13.1 Å². The zero-order chi connectivity index (χ0) is 9.78. The fourth-order valence-electron chi connectivity index (χ4n) is 1.77. The zero-order valence-corrected chi connectivity index (χ0v) is 9.46. The van der Waals surface area contributed by atoms with Gasteiger partial charge in [0.15, 0.2) is 6.67 Å². The summed E-state index contributed by atoms with van der Waals surface area (Å²) in [5, 5.41) is 2.43. The molecule has 0 aliphatic rings. The van der Waals surface area contributed by atoms with Crippen molar-refractivity contribution in [3.8, 4) is 0 Å². The summed E-state index contributed by atoms with van der Waals surface area (Å²) < 4.78 is 0.944. The Bertz CT molecular complexity index is 117. The van der Waals surface area contributed by atoms with Gasteiger partial charge >= 0.3 is 0 Å². The lowest BCUT2D eigenvalue weighted by Crippen LogP contribution is -2.57. The van der Waals surface area contributed by atoms with E-state index in [1.165, 1.54) is 0 Å². The van der Waals surface area contributed by atoms with Crippen molar-refractivity contribution in [2.45, 2.75) is 13.8 Å². The first kappa shape index (κ1) is 11.9. The molecule has 0 fully saturated rings. The topological polar surface area (TPSA) is 6.48 Å². The molecule has 3 heteroatoms. The van der Waals surface area contributed by atoms with E-state index in [0.717, 1.165) is 24.4 Å². The molecule has 0 aromatic carbocycles. The van der Waals surface area contributed by atoms with Crippen LogP contribution in [0, 0.1) is 0 Å². The van der Waals surface area contributed by atoms with Crippen molar-refractivity contribution in [1.29, 1.82) is 0 Å². The molecule has 0 bridgehead atoms. The Labute approximate surface area is 77.1 Å². The molecule has 0 aromatic heterocycles. The highest BCUT2D eigenvalue weighted by molar-refractivity contribution is 4.36. The van der Waals surface area contributed by atoms with Gasteiger partial charge in [-0.05, 0) is 27.9 Å². The molecule has 0 saturated carbocycles. The van der Waals surface area contributed by atoms with E-state index >= 15 is 0 Å². The summed E-state index contributed by atoms with van der Waals surface area (Å²) in [6, 6.07) is 0. The van der Waals surface area contributed by atoms with E-state index < -0.39 is 0 Å². The average Bonchev–Trinajstić information content (AvgIpc) is 1.85. The Morgan fingerprint density at radius 3 is 1.67 bits per heavy atom. The van der Waals surface area contributed by atoms with E-state index in [1.807, 2.05) is 0 Å². The Balaban J connectivity index is 4.14. The molecular weight excluding hydrogens is 150 g/mol. The van der Waals surface area contributed by atoms with Gasteiger partial charge in [-0.15, -0.1) is 0 Å². The van der Waals surface area contributed by atoms with Crippen LogP contribution in [-0.4, -0.2) is 62.4 Å². The number of hydrogen-bond acceptors (Lipinski definition) is 2. The lowest BCUT2D eigenvalue weighted by Gasteiger charge is -2.40. The molecule has 0 atom stereocenters. The molecule has 3 nitrogen and oxygen atoms in total. The smallest absolute Gasteiger partial charge is 0.152 e.